The maximum Gasteiger partial charge on any atom is 0.252 e. The average Bonchev–Trinajstić information content (AvgIpc) is 2.75. The van der Waals surface area contributed by atoms with Crippen molar-refractivity contribution in [1.82, 2.24) is 4.90 Å². The summed E-state index contributed by atoms with van der Waals surface area (Å²) in [5.41, 5.74) is 0.347. The van der Waals surface area contributed by atoms with Crippen LogP contribution in [0.5, 0.6) is 0 Å². The Hall–Kier alpha value is -0.940. The number of hydrogen-bond donors (Lipinski definition) is 2. The van der Waals surface area contributed by atoms with Gasteiger partial charge in [-0.25, -0.2) is 4.39 Å². The maximum absolute atomic E-state index is 14.6. The Labute approximate surface area is 186 Å². The molecule has 0 aromatic rings. The zero-order valence-corrected chi connectivity index (χ0v) is 19.3. The molecule has 0 spiro atoms. The molecule has 8 atom stereocenters. The zero-order valence-electron chi connectivity index (χ0n) is 19.3. The molecule has 4 nitrogen and oxygen atoms in total. The molecule has 2 N–H and O–H groups in total. The number of aliphatic hydroxyl groups is 2. The van der Waals surface area contributed by atoms with E-state index >= 15 is 0 Å². The fourth-order valence-electron chi connectivity index (χ4n) is 8.79. The van der Waals surface area contributed by atoms with E-state index in [-0.39, 0.29) is 28.6 Å². The van der Waals surface area contributed by atoms with E-state index in [1.165, 1.54) is 0 Å². The van der Waals surface area contributed by atoms with Crippen molar-refractivity contribution < 1.29 is 19.4 Å². The van der Waals surface area contributed by atoms with Crippen molar-refractivity contribution in [3.63, 3.8) is 0 Å². The maximum atomic E-state index is 14.6. The van der Waals surface area contributed by atoms with Crippen molar-refractivity contribution in [2.45, 2.75) is 109 Å². The van der Waals surface area contributed by atoms with Crippen LogP contribution in [0.1, 0.15) is 90.9 Å². The summed E-state index contributed by atoms with van der Waals surface area (Å²) in [7, 11) is 0. The molecule has 2 unspecified atom stereocenters. The summed E-state index contributed by atoms with van der Waals surface area (Å²) in [5.74, 6) is 1.55. The number of carbonyl (C=O) groups is 1. The van der Waals surface area contributed by atoms with Crippen LogP contribution in [0, 0.1) is 29.1 Å². The molecular formula is C26H40FNO3. The number of amides is 1. The monoisotopic (exact) mass is 433 g/mol. The van der Waals surface area contributed by atoms with Gasteiger partial charge < -0.3 is 15.1 Å². The molecule has 5 heteroatoms. The number of hydrogen-bond acceptors (Lipinski definition) is 3. The fourth-order valence-corrected chi connectivity index (χ4v) is 8.79. The van der Waals surface area contributed by atoms with Gasteiger partial charge in [0.2, 0.25) is 0 Å². The number of likely N-dealkylation sites (tertiary alicyclic amines) is 1. The normalized spacial score (nSPS) is 48.0. The molecule has 3 saturated carbocycles. The van der Waals surface area contributed by atoms with Gasteiger partial charge in [-0.05, 0) is 113 Å². The van der Waals surface area contributed by atoms with Gasteiger partial charge in [0.05, 0.1) is 12.2 Å². The zero-order chi connectivity index (χ0) is 22.0. The number of rotatable bonds is 1. The van der Waals surface area contributed by atoms with Crippen LogP contribution < -0.4 is 0 Å². The molecule has 0 aromatic carbocycles. The van der Waals surface area contributed by atoms with Crippen molar-refractivity contribution >= 4 is 5.91 Å². The van der Waals surface area contributed by atoms with Crippen molar-refractivity contribution in [3.05, 3.63) is 11.4 Å². The second-order valence-electron chi connectivity index (χ2n) is 11.7. The van der Waals surface area contributed by atoms with Crippen molar-refractivity contribution in [2.24, 2.45) is 29.1 Å². The second kappa shape index (κ2) is 7.83. The van der Waals surface area contributed by atoms with Crippen LogP contribution in [0.3, 0.4) is 0 Å². The lowest BCUT2D eigenvalue weighted by molar-refractivity contribution is -0.186. The molecule has 4 fully saturated rings. The summed E-state index contributed by atoms with van der Waals surface area (Å²) < 4.78 is 14.6. The van der Waals surface area contributed by atoms with Crippen LogP contribution in [0.25, 0.3) is 0 Å². The van der Waals surface area contributed by atoms with E-state index in [1.54, 1.807) is 0 Å². The third-order valence-electron chi connectivity index (χ3n) is 10.5. The van der Waals surface area contributed by atoms with E-state index in [2.05, 4.69) is 18.7 Å². The van der Waals surface area contributed by atoms with Gasteiger partial charge in [0.1, 0.15) is 5.83 Å². The topological polar surface area (TPSA) is 60.8 Å². The molecule has 1 saturated heterocycles. The standard InChI is InChI=1S/C26H40FNO3/c1-25-13-12-22(29)23(30)20(25)10-9-16-18(25)11-14-26(2)19(16)7-5-15-28(26)24(31)17-6-3-4-8-21(17)27/h16,18-20,22-23,29-30H,3-15H2,1-2H3/t16-,18-,19-,20?,22-,23+,25?,26-/m0/s1. The Morgan fingerprint density at radius 2 is 1.71 bits per heavy atom. The predicted molar refractivity (Wildman–Crippen MR) is 118 cm³/mol. The van der Waals surface area contributed by atoms with E-state index in [1.807, 2.05) is 0 Å². The van der Waals surface area contributed by atoms with E-state index in [9.17, 15) is 19.4 Å². The molecule has 5 aliphatic rings. The Bertz CT molecular complexity index is 768. The second-order valence-corrected chi connectivity index (χ2v) is 11.7. The lowest BCUT2D eigenvalue weighted by Gasteiger charge is -2.65. The SMILES string of the molecule is CC12CC[C@H](O)[C@H](O)C1CC[C@H]1[C@@H]2CC[C@@]2(C)[C@H]1CCCN2C(=O)C1=C(F)CCCC1. The minimum Gasteiger partial charge on any atom is -0.390 e. The van der Waals surface area contributed by atoms with Gasteiger partial charge >= 0.3 is 0 Å². The van der Waals surface area contributed by atoms with Gasteiger partial charge in [0, 0.05) is 17.7 Å². The van der Waals surface area contributed by atoms with Crippen LogP contribution in [-0.4, -0.2) is 45.3 Å². The highest BCUT2D eigenvalue weighted by Crippen LogP contribution is 2.63. The Kier molecular flexibility index (Phi) is 5.53. The van der Waals surface area contributed by atoms with Crippen LogP contribution in [0.4, 0.5) is 4.39 Å². The van der Waals surface area contributed by atoms with Gasteiger partial charge in [-0.1, -0.05) is 6.92 Å². The van der Waals surface area contributed by atoms with Crippen molar-refractivity contribution in [2.75, 3.05) is 6.54 Å². The number of nitrogens with zero attached hydrogens (tertiary/aromatic N) is 1. The van der Waals surface area contributed by atoms with Crippen molar-refractivity contribution in [3.8, 4) is 0 Å². The number of piperidine rings is 1. The lowest BCUT2D eigenvalue weighted by atomic mass is 9.44. The Morgan fingerprint density at radius 3 is 2.48 bits per heavy atom. The highest BCUT2D eigenvalue weighted by molar-refractivity contribution is 5.94. The summed E-state index contributed by atoms with van der Waals surface area (Å²) >= 11 is 0. The highest BCUT2D eigenvalue weighted by Gasteiger charge is 2.61. The first-order valence-electron chi connectivity index (χ1n) is 12.8. The number of fused-ring (bicyclic) bond motifs is 5. The lowest BCUT2D eigenvalue weighted by Crippen LogP contribution is -2.66. The molecule has 31 heavy (non-hydrogen) atoms. The van der Waals surface area contributed by atoms with Crippen LogP contribution in [0.2, 0.25) is 0 Å². The summed E-state index contributed by atoms with van der Waals surface area (Å²) in [6.07, 6.45) is 9.53. The van der Waals surface area contributed by atoms with Crippen molar-refractivity contribution in [1.29, 1.82) is 0 Å². The number of aliphatic hydroxyl groups excluding tert-OH is 2. The molecule has 1 aliphatic heterocycles. The van der Waals surface area contributed by atoms with Crippen LogP contribution in [0.15, 0.2) is 11.4 Å². The molecule has 1 amide bonds. The van der Waals surface area contributed by atoms with Gasteiger partial charge in [-0.2, -0.15) is 0 Å². The predicted octanol–water partition coefficient (Wildman–Crippen LogP) is 4.74. The molecule has 0 bridgehead atoms. The molecule has 174 valence electrons. The van der Waals surface area contributed by atoms with Crippen LogP contribution >= 0.6 is 0 Å². The number of carbonyl (C=O) groups excluding carboxylic acids is 1. The third-order valence-corrected chi connectivity index (χ3v) is 10.5. The first-order valence-corrected chi connectivity index (χ1v) is 12.8. The summed E-state index contributed by atoms with van der Waals surface area (Å²) in [5, 5.41) is 21.0. The fraction of sp³-hybridized carbons (Fsp3) is 0.885. The Balaban J connectivity index is 1.42. The first kappa shape index (κ1) is 21.9. The number of halogens is 1. The quantitative estimate of drug-likeness (QED) is 0.628. The van der Waals surface area contributed by atoms with E-state index < -0.39 is 12.2 Å². The average molecular weight is 434 g/mol. The van der Waals surface area contributed by atoms with Gasteiger partial charge in [-0.3, -0.25) is 4.79 Å². The minimum atomic E-state index is -0.598. The molecular weight excluding hydrogens is 393 g/mol. The van der Waals surface area contributed by atoms with Gasteiger partial charge in [-0.15, -0.1) is 0 Å². The highest BCUT2D eigenvalue weighted by atomic mass is 19.1. The molecule has 4 aliphatic carbocycles. The van der Waals surface area contributed by atoms with E-state index in [0.29, 0.717) is 42.6 Å². The Morgan fingerprint density at radius 1 is 0.935 bits per heavy atom. The van der Waals surface area contributed by atoms with E-state index in [0.717, 1.165) is 64.3 Å². The molecule has 0 radical (unpaired) electrons. The van der Waals surface area contributed by atoms with Gasteiger partial charge in [0.15, 0.2) is 0 Å². The third kappa shape index (κ3) is 3.24. The first-order chi connectivity index (χ1) is 14.8. The van der Waals surface area contributed by atoms with E-state index in [4.69, 9.17) is 0 Å². The minimum absolute atomic E-state index is 0.0287. The summed E-state index contributed by atoms with van der Waals surface area (Å²) in [6, 6.07) is 0. The smallest absolute Gasteiger partial charge is 0.252 e. The summed E-state index contributed by atoms with van der Waals surface area (Å²) in [6.45, 7) is 5.39. The molecule has 1 heterocycles. The molecule has 5 rings (SSSR count). The largest absolute Gasteiger partial charge is 0.390 e. The number of allylic oxidation sites excluding steroid dienone is 1. The van der Waals surface area contributed by atoms with Crippen LogP contribution in [-0.2, 0) is 4.79 Å². The molecule has 0 aromatic heterocycles. The summed E-state index contributed by atoms with van der Waals surface area (Å²) in [4.78, 5) is 15.6. The van der Waals surface area contributed by atoms with Gasteiger partial charge in [0.25, 0.3) is 5.91 Å².